The van der Waals surface area contributed by atoms with E-state index < -0.39 is 6.04 Å². The largest absolute Gasteiger partial charge is 0.400 e. The van der Waals surface area contributed by atoms with Crippen molar-refractivity contribution in [2.45, 2.75) is 26.3 Å². The zero-order valence-electron chi connectivity index (χ0n) is 19.3. The molecule has 0 heterocycles. The van der Waals surface area contributed by atoms with Crippen LogP contribution in [0.15, 0.2) is 82.6 Å². The molecule has 1 atom stereocenters. The van der Waals surface area contributed by atoms with Gasteiger partial charge in [0.15, 0.2) is 0 Å². The van der Waals surface area contributed by atoms with Crippen LogP contribution in [0.4, 0.5) is 5.69 Å². The van der Waals surface area contributed by atoms with Gasteiger partial charge >= 0.3 is 0 Å². The molecular formula is C26H31BrN4O3. The van der Waals surface area contributed by atoms with E-state index in [9.17, 15) is 14.7 Å². The molecule has 0 aliphatic rings. The number of carbonyl (C=O) groups is 2. The number of anilines is 1. The summed E-state index contributed by atoms with van der Waals surface area (Å²) >= 11 is 3.37. The maximum Gasteiger partial charge on any atom is 0.248 e. The van der Waals surface area contributed by atoms with Crippen LogP contribution >= 0.6 is 15.9 Å². The molecule has 0 aliphatic carbocycles. The summed E-state index contributed by atoms with van der Waals surface area (Å²) in [7, 11) is 0. The van der Waals surface area contributed by atoms with Gasteiger partial charge in [0.25, 0.3) is 0 Å². The predicted molar refractivity (Wildman–Crippen MR) is 141 cm³/mol. The maximum absolute atomic E-state index is 12.9. The van der Waals surface area contributed by atoms with E-state index in [1.165, 1.54) is 6.08 Å². The summed E-state index contributed by atoms with van der Waals surface area (Å²) in [6.45, 7) is 3.95. The molecule has 0 fully saturated rings. The van der Waals surface area contributed by atoms with Gasteiger partial charge in [-0.15, -0.1) is 0 Å². The second-order valence-electron chi connectivity index (χ2n) is 7.39. The number of allylic oxidation sites excluding steroid dienone is 3. The Kier molecular flexibility index (Phi) is 11.3. The molecule has 7 nitrogen and oxygen atoms in total. The molecule has 2 aromatic rings. The molecule has 8 heteroatoms. The van der Waals surface area contributed by atoms with Crippen molar-refractivity contribution >= 4 is 39.5 Å². The van der Waals surface area contributed by atoms with Crippen LogP contribution < -0.4 is 21.7 Å². The van der Waals surface area contributed by atoms with Crippen molar-refractivity contribution in [1.82, 2.24) is 10.6 Å². The second-order valence-corrected chi connectivity index (χ2v) is 8.30. The highest BCUT2D eigenvalue weighted by Gasteiger charge is 2.20. The number of benzene rings is 2. The zero-order valence-corrected chi connectivity index (χ0v) is 20.9. The van der Waals surface area contributed by atoms with E-state index in [4.69, 9.17) is 5.73 Å². The summed E-state index contributed by atoms with van der Waals surface area (Å²) in [6.07, 6.45) is 7.33. The number of hydrogen-bond acceptors (Lipinski definition) is 5. The van der Waals surface area contributed by atoms with Crippen LogP contribution in [0.5, 0.6) is 0 Å². The van der Waals surface area contributed by atoms with Gasteiger partial charge in [0.1, 0.15) is 6.04 Å². The lowest BCUT2D eigenvalue weighted by molar-refractivity contribution is -0.118. The Balaban J connectivity index is 2.11. The van der Waals surface area contributed by atoms with Gasteiger partial charge < -0.3 is 21.5 Å². The Morgan fingerprint density at radius 3 is 2.35 bits per heavy atom. The summed E-state index contributed by atoms with van der Waals surface area (Å²) in [4.78, 5) is 25.2. The van der Waals surface area contributed by atoms with E-state index in [0.29, 0.717) is 23.5 Å². The predicted octanol–water partition coefficient (Wildman–Crippen LogP) is 4.00. The number of nitrogens with two attached hydrogens (primary N) is 1. The minimum atomic E-state index is -0.650. The quantitative estimate of drug-likeness (QED) is 0.224. The minimum absolute atomic E-state index is 0.0931. The fourth-order valence-corrected chi connectivity index (χ4v) is 3.31. The molecule has 2 rings (SSSR count). The average molecular weight is 527 g/mol. The molecule has 2 aromatic carbocycles. The van der Waals surface area contributed by atoms with Crippen molar-refractivity contribution < 1.29 is 14.7 Å². The number of aliphatic hydroxyl groups excluding tert-OH is 1. The van der Waals surface area contributed by atoms with Gasteiger partial charge in [0.05, 0.1) is 12.3 Å². The third-order valence-corrected chi connectivity index (χ3v) is 5.38. The van der Waals surface area contributed by atoms with Crippen LogP contribution in [0.25, 0.3) is 6.08 Å². The van der Waals surface area contributed by atoms with E-state index in [1.807, 2.05) is 56.3 Å². The first-order valence-corrected chi connectivity index (χ1v) is 11.8. The van der Waals surface area contributed by atoms with Gasteiger partial charge in [-0.25, -0.2) is 0 Å². The molecule has 0 saturated carbocycles. The van der Waals surface area contributed by atoms with E-state index in [-0.39, 0.29) is 25.0 Å². The number of hydrogen-bond donors (Lipinski definition) is 5. The van der Waals surface area contributed by atoms with E-state index in [0.717, 1.165) is 15.6 Å². The normalized spacial score (nSPS) is 13.1. The van der Waals surface area contributed by atoms with Gasteiger partial charge in [0.2, 0.25) is 11.8 Å². The van der Waals surface area contributed by atoms with Crippen LogP contribution in [-0.2, 0) is 9.59 Å². The van der Waals surface area contributed by atoms with Crippen molar-refractivity contribution in [3.05, 3.63) is 93.8 Å². The summed E-state index contributed by atoms with van der Waals surface area (Å²) < 4.78 is 0.917. The van der Waals surface area contributed by atoms with Gasteiger partial charge in [0, 0.05) is 28.5 Å². The van der Waals surface area contributed by atoms with Crippen molar-refractivity contribution in [2.24, 2.45) is 5.73 Å². The number of aliphatic hydroxyl groups is 1. The van der Waals surface area contributed by atoms with Crippen LogP contribution in [-0.4, -0.2) is 30.1 Å². The Hall–Kier alpha value is -3.20. The first-order chi connectivity index (χ1) is 16.4. The van der Waals surface area contributed by atoms with Gasteiger partial charge in [-0.1, -0.05) is 53.2 Å². The molecule has 180 valence electrons. The lowest BCUT2D eigenvalue weighted by atomic mass is 10.0. The molecule has 34 heavy (non-hydrogen) atoms. The van der Waals surface area contributed by atoms with Crippen molar-refractivity contribution in [1.29, 1.82) is 0 Å². The molecule has 6 N–H and O–H groups in total. The smallest absolute Gasteiger partial charge is 0.248 e. The topological polar surface area (TPSA) is 116 Å². The lowest BCUT2D eigenvalue weighted by Gasteiger charge is -2.19. The third kappa shape index (κ3) is 8.62. The van der Waals surface area contributed by atoms with E-state index in [1.54, 1.807) is 24.3 Å². The molecule has 0 aromatic heterocycles. The molecule has 0 bridgehead atoms. The van der Waals surface area contributed by atoms with Gasteiger partial charge in [-0.3, -0.25) is 14.9 Å². The summed E-state index contributed by atoms with van der Waals surface area (Å²) in [5.41, 5.74) is 9.35. The number of rotatable bonds is 11. The van der Waals surface area contributed by atoms with Crippen molar-refractivity contribution in [3.63, 3.8) is 0 Å². The molecule has 0 aliphatic heterocycles. The van der Waals surface area contributed by atoms with Crippen molar-refractivity contribution in [2.75, 3.05) is 18.5 Å². The van der Waals surface area contributed by atoms with Crippen LogP contribution in [0.3, 0.4) is 0 Å². The first kappa shape index (κ1) is 27.0. The number of halogens is 1. The molecule has 2 amide bonds. The Bertz CT molecular complexity index is 1040. The van der Waals surface area contributed by atoms with E-state index >= 15 is 0 Å². The van der Waals surface area contributed by atoms with Crippen LogP contribution in [0.2, 0.25) is 0 Å². The average Bonchev–Trinajstić information content (AvgIpc) is 2.84. The summed E-state index contributed by atoms with van der Waals surface area (Å²) in [5.74, 6) is -0.528. The summed E-state index contributed by atoms with van der Waals surface area (Å²) in [6, 6.07) is 13.9. The highest BCUT2D eigenvalue weighted by molar-refractivity contribution is 9.10. The molecule has 0 spiro atoms. The third-order valence-electron chi connectivity index (χ3n) is 4.85. The second kappa shape index (κ2) is 14.1. The fraction of sp³-hybridized carbons (Fsp3) is 0.231. The lowest BCUT2D eigenvalue weighted by Crippen LogP contribution is -2.34. The standard InChI is InChI=1S/C26H31BrN4O3/c1-3-5-23(22(28)4-2)31-24(33)15-8-18-6-9-19(10-7-18)25(29-16-17-32)26(34)30-21-13-11-20(27)12-14-21/h3,5-15,25,29,32H,4,16-17,28H2,1-2H3,(H,30,34)(H,31,33)/b5-3-,15-8+,23-22-. The van der Waals surface area contributed by atoms with Gasteiger partial charge in [-0.05, 0) is 60.9 Å². The number of carbonyl (C=O) groups excluding carboxylic acids is 2. The summed E-state index contributed by atoms with van der Waals surface area (Å²) in [5, 5.41) is 17.9. The fourth-order valence-electron chi connectivity index (χ4n) is 3.05. The van der Waals surface area contributed by atoms with E-state index in [2.05, 4.69) is 31.9 Å². The molecular weight excluding hydrogens is 496 g/mol. The van der Waals surface area contributed by atoms with Gasteiger partial charge in [-0.2, -0.15) is 0 Å². The highest BCUT2D eigenvalue weighted by Crippen LogP contribution is 2.19. The highest BCUT2D eigenvalue weighted by atomic mass is 79.9. The maximum atomic E-state index is 12.9. The Morgan fingerprint density at radius 1 is 1.09 bits per heavy atom. The SMILES string of the molecule is C/C=C\C(NC(=O)/C=C/c1ccc(C(NCCO)C(=O)Nc2ccc(Br)cc2)cc1)=C(\N)CC. The number of amides is 2. The monoisotopic (exact) mass is 526 g/mol. The number of nitrogens with one attached hydrogen (secondary N) is 3. The zero-order chi connectivity index (χ0) is 24.9. The molecule has 0 radical (unpaired) electrons. The minimum Gasteiger partial charge on any atom is -0.400 e. The van der Waals surface area contributed by atoms with Crippen molar-refractivity contribution in [3.8, 4) is 0 Å². The molecule has 1 unspecified atom stereocenters. The first-order valence-electron chi connectivity index (χ1n) is 11.0. The van der Waals surface area contributed by atoms with Crippen LogP contribution in [0, 0.1) is 0 Å². The Morgan fingerprint density at radius 2 is 1.76 bits per heavy atom. The Labute approximate surface area is 209 Å². The van der Waals surface area contributed by atoms with Crippen LogP contribution in [0.1, 0.15) is 37.4 Å². The molecule has 0 saturated heterocycles.